The van der Waals surface area contributed by atoms with Gasteiger partial charge in [0.15, 0.2) is 0 Å². The monoisotopic (exact) mass is 238 g/mol. The summed E-state index contributed by atoms with van der Waals surface area (Å²) >= 11 is 0. The van der Waals surface area contributed by atoms with E-state index >= 15 is 0 Å². The van der Waals surface area contributed by atoms with E-state index in [4.69, 9.17) is 4.74 Å². The molecule has 0 radical (unpaired) electrons. The number of methoxy groups -OCH3 is 1. The first-order valence-corrected chi connectivity index (χ1v) is 5.74. The average Bonchev–Trinajstić information content (AvgIpc) is 2.64. The van der Waals surface area contributed by atoms with Gasteiger partial charge in [-0.05, 0) is 18.9 Å². The van der Waals surface area contributed by atoms with Crippen LogP contribution >= 0.6 is 0 Å². The molecule has 1 atom stereocenters. The highest BCUT2D eigenvalue weighted by molar-refractivity contribution is 6.15. The number of hydrogen-bond donors (Lipinski definition) is 0. The standard InChI is InChI=1S/C13H18O4/c1-4-6-8-13(7-5-2)9-10(11(14)16-3)12(15)17-13/h5,9H,2,4,6-8H2,1,3H3. The molecule has 0 spiro atoms. The van der Waals surface area contributed by atoms with Gasteiger partial charge in [0.25, 0.3) is 0 Å². The summed E-state index contributed by atoms with van der Waals surface area (Å²) in [7, 11) is 1.25. The number of rotatable bonds is 6. The molecule has 0 aromatic carbocycles. The molecule has 0 aromatic heterocycles. The number of cyclic esters (lactones) is 1. The number of carbonyl (C=O) groups excluding carboxylic acids is 2. The molecule has 0 saturated heterocycles. The maximum absolute atomic E-state index is 11.6. The van der Waals surface area contributed by atoms with Gasteiger partial charge in [0.2, 0.25) is 0 Å². The molecule has 1 aliphatic heterocycles. The van der Waals surface area contributed by atoms with Crippen LogP contribution in [0.3, 0.4) is 0 Å². The van der Waals surface area contributed by atoms with Crippen LogP contribution in [0.2, 0.25) is 0 Å². The lowest BCUT2D eigenvalue weighted by Gasteiger charge is -2.24. The lowest BCUT2D eigenvalue weighted by Crippen LogP contribution is -2.27. The normalized spacial score (nSPS) is 22.9. The van der Waals surface area contributed by atoms with Gasteiger partial charge in [0, 0.05) is 6.42 Å². The second-order valence-electron chi connectivity index (χ2n) is 4.10. The van der Waals surface area contributed by atoms with Gasteiger partial charge in [0.1, 0.15) is 11.2 Å². The van der Waals surface area contributed by atoms with E-state index in [1.54, 1.807) is 12.2 Å². The third kappa shape index (κ3) is 2.96. The summed E-state index contributed by atoms with van der Waals surface area (Å²) in [5, 5.41) is 0. The zero-order valence-electron chi connectivity index (χ0n) is 10.3. The van der Waals surface area contributed by atoms with Gasteiger partial charge in [-0.3, -0.25) is 0 Å². The van der Waals surface area contributed by atoms with Gasteiger partial charge >= 0.3 is 11.9 Å². The fraction of sp³-hybridized carbons (Fsp3) is 0.538. The van der Waals surface area contributed by atoms with Crippen LogP contribution in [0.15, 0.2) is 24.3 Å². The molecule has 0 aliphatic carbocycles. The number of hydrogen-bond acceptors (Lipinski definition) is 4. The second kappa shape index (κ2) is 5.66. The average molecular weight is 238 g/mol. The molecule has 0 saturated carbocycles. The Bertz CT molecular complexity index is 356. The summed E-state index contributed by atoms with van der Waals surface area (Å²) < 4.78 is 9.87. The highest BCUT2D eigenvalue weighted by atomic mass is 16.6. The number of unbranched alkanes of at least 4 members (excludes halogenated alkanes) is 1. The van der Waals surface area contributed by atoms with Crippen LogP contribution in [0.4, 0.5) is 0 Å². The number of ether oxygens (including phenoxy) is 2. The Morgan fingerprint density at radius 2 is 2.35 bits per heavy atom. The van der Waals surface area contributed by atoms with Gasteiger partial charge in [-0.1, -0.05) is 19.4 Å². The van der Waals surface area contributed by atoms with E-state index in [-0.39, 0.29) is 5.57 Å². The molecule has 1 heterocycles. The maximum Gasteiger partial charge on any atom is 0.346 e. The molecular weight excluding hydrogens is 220 g/mol. The Labute approximate surface area is 101 Å². The van der Waals surface area contributed by atoms with E-state index in [0.717, 1.165) is 12.8 Å². The molecule has 0 amide bonds. The van der Waals surface area contributed by atoms with Crippen molar-refractivity contribution in [3.63, 3.8) is 0 Å². The quantitative estimate of drug-likeness (QED) is 0.404. The van der Waals surface area contributed by atoms with Crippen molar-refractivity contribution in [2.75, 3.05) is 7.11 Å². The summed E-state index contributed by atoms with van der Waals surface area (Å²) in [5.74, 6) is -1.24. The zero-order chi connectivity index (χ0) is 12.9. The van der Waals surface area contributed by atoms with Gasteiger partial charge < -0.3 is 9.47 Å². The molecule has 94 valence electrons. The maximum atomic E-state index is 11.6. The third-order valence-electron chi connectivity index (χ3n) is 2.77. The van der Waals surface area contributed by atoms with Crippen LogP contribution < -0.4 is 0 Å². The smallest absolute Gasteiger partial charge is 0.346 e. The number of esters is 2. The summed E-state index contributed by atoms with van der Waals surface area (Å²) in [5.41, 5.74) is -0.719. The van der Waals surface area contributed by atoms with Crippen molar-refractivity contribution >= 4 is 11.9 Å². The van der Waals surface area contributed by atoms with Crippen molar-refractivity contribution < 1.29 is 19.1 Å². The Kier molecular flexibility index (Phi) is 4.49. The van der Waals surface area contributed by atoms with Crippen LogP contribution in [0.1, 0.15) is 32.6 Å². The first kappa shape index (κ1) is 13.5. The van der Waals surface area contributed by atoms with Crippen molar-refractivity contribution in [1.82, 2.24) is 0 Å². The van der Waals surface area contributed by atoms with E-state index in [1.807, 2.05) is 0 Å². The molecule has 4 nitrogen and oxygen atoms in total. The molecule has 0 bridgehead atoms. The van der Waals surface area contributed by atoms with Crippen molar-refractivity contribution in [3.05, 3.63) is 24.3 Å². The van der Waals surface area contributed by atoms with E-state index in [9.17, 15) is 9.59 Å². The van der Waals surface area contributed by atoms with Crippen LogP contribution in [-0.4, -0.2) is 24.6 Å². The Morgan fingerprint density at radius 3 is 2.88 bits per heavy atom. The largest absolute Gasteiger partial charge is 0.465 e. The van der Waals surface area contributed by atoms with Crippen LogP contribution in [0.5, 0.6) is 0 Å². The SMILES string of the molecule is C=CCC1(CCCC)C=C(C(=O)OC)C(=O)O1. The topological polar surface area (TPSA) is 52.6 Å². The summed E-state index contributed by atoms with van der Waals surface area (Å²) in [6.45, 7) is 5.71. The van der Waals surface area contributed by atoms with Crippen molar-refractivity contribution in [2.24, 2.45) is 0 Å². The van der Waals surface area contributed by atoms with E-state index in [2.05, 4.69) is 18.2 Å². The van der Waals surface area contributed by atoms with Crippen molar-refractivity contribution in [1.29, 1.82) is 0 Å². The van der Waals surface area contributed by atoms with Crippen LogP contribution in [0, 0.1) is 0 Å². The highest BCUT2D eigenvalue weighted by Crippen LogP contribution is 2.33. The fourth-order valence-corrected chi connectivity index (χ4v) is 1.89. The minimum atomic E-state index is -0.710. The van der Waals surface area contributed by atoms with Crippen LogP contribution in [0.25, 0.3) is 0 Å². The molecule has 0 N–H and O–H groups in total. The van der Waals surface area contributed by atoms with Crippen LogP contribution in [-0.2, 0) is 19.1 Å². The molecule has 0 fully saturated rings. The second-order valence-corrected chi connectivity index (χ2v) is 4.10. The Morgan fingerprint density at radius 1 is 1.65 bits per heavy atom. The number of carbonyl (C=O) groups is 2. The van der Waals surface area contributed by atoms with Crippen molar-refractivity contribution in [3.8, 4) is 0 Å². The molecule has 0 aromatic rings. The molecule has 17 heavy (non-hydrogen) atoms. The summed E-state index contributed by atoms with van der Waals surface area (Å²) in [6, 6.07) is 0. The van der Waals surface area contributed by atoms with Crippen molar-refractivity contribution in [2.45, 2.75) is 38.2 Å². The summed E-state index contributed by atoms with van der Waals surface area (Å²) in [6.07, 6.45) is 6.41. The van der Waals surface area contributed by atoms with Gasteiger partial charge in [-0.25, -0.2) is 9.59 Å². The van der Waals surface area contributed by atoms with E-state index in [1.165, 1.54) is 7.11 Å². The molecule has 4 heteroatoms. The van der Waals surface area contributed by atoms with Gasteiger partial charge in [0.05, 0.1) is 7.11 Å². The minimum Gasteiger partial charge on any atom is -0.465 e. The van der Waals surface area contributed by atoms with E-state index < -0.39 is 17.5 Å². The molecule has 1 aliphatic rings. The fourth-order valence-electron chi connectivity index (χ4n) is 1.89. The lowest BCUT2D eigenvalue weighted by molar-refractivity contribution is -0.150. The third-order valence-corrected chi connectivity index (χ3v) is 2.77. The first-order valence-electron chi connectivity index (χ1n) is 5.74. The molecule has 1 rings (SSSR count). The van der Waals surface area contributed by atoms with Gasteiger partial charge in [-0.2, -0.15) is 0 Å². The predicted octanol–water partition coefficient (Wildman–Crippen LogP) is 2.15. The molecule has 1 unspecified atom stereocenters. The minimum absolute atomic E-state index is 0.00884. The first-order chi connectivity index (χ1) is 8.08. The zero-order valence-corrected chi connectivity index (χ0v) is 10.3. The highest BCUT2D eigenvalue weighted by Gasteiger charge is 2.41. The van der Waals surface area contributed by atoms with E-state index in [0.29, 0.717) is 12.8 Å². The van der Waals surface area contributed by atoms with Gasteiger partial charge in [-0.15, -0.1) is 6.58 Å². The molecular formula is C13H18O4. The lowest BCUT2D eigenvalue weighted by atomic mass is 9.92. The predicted molar refractivity (Wildman–Crippen MR) is 63.3 cm³/mol. The Hall–Kier alpha value is -1.58. The summed E-state index contributed by atoms with van der Waals surface area (Å²) in [4.78, 5) is 23.0. The Balaban J connectivity index is 2.93.